The van der Waals surface area contributed by atoms with Crippen LogP contribution >= 0.6 is 11.3 Å². The van der Waals surface area contributed by atoms with Crippen LogP contribution in [0.25, 0.3) is 0 Å². The Morgan fingerprint density at radius 1 is 1.21 bits per heavy atom. The first kappa shape index (κ1) is 13.3. The van der Waals surface area contributed by atoms with Gasteiger partial charge in [-0.2, -0.15) is 0 Å². The van der Waals surface area contributed by atoms with E-state index >= 15 is 0 Å². The predicted molar refractivity (Wildman–Crippen MR) is 75.9 cm³/mol. The van der Waals surface area contributed by atoms with Crippen molar-refractivity contribution < 1.29 is 9.63 Å². The van der Waals surface area contributed by atoms with Gasteiger partial charge in [-0.05, 0) is 23.4 Å². The van der Waals surface area contributed by atoms with Crippen LogP contribution < -0.4 is 5.73 Å². The van der Waals surface area contributed by atoms with E-state index in [0.29, 0.717) is 6.42 Å². The van der Waals surface area contributed by atoms with Crippen LogP contribution in [0.1, 0.15) is 16.9 Å². The second kappa shape index (κ2) is 6.70. The fourth-order valence-electron chi connectivity index (χ4n) is 1.51. The van der Waals surface area contributed by atoms with Gasteiger partial charge in [-0.25, -0.2) is 4.79 Å². The van der Waals surface area contributed by atoms with Gasteiger partial charge in [0.15, 0.2) is 5.84 Å². The summed E-state index contributed by atoms with van der Waals surface area (Å²) in [7, 11) is 0. The van der Waals surface area contributed by atoms with E-state index in [4.69, 9.17) is 10.6 Å². The van der Waals surface area contributed by atoms with Crippen LogP contribution in [0.3, 0.4) is 0 Å². The van der Waals surface area contributed by atoms with Gasteiger partial charge in [-0.3, -0.25) is 0 Å². The molecule has 0 aliphatic rings. The Morgan fingerprint density at radius 3 is 2.68 bits per heavy atom. The zero-order valence-corrected chi connectivity index (χ0v) is 11.1. The third kappa shape index (κ3) is 4.22. The van der Waals surface area contributed by atoms with Gasteiger partial charge in [0.25, 0.3) is 0 Å². The number of aryl methyl sites for hydroxylation is 1. The largest absolute Gasteiger partial charge is 0.380 e. The van der Waals surface area contributed by atoms with Gasteiger partial charge >= 0.3 is 5.97 Å². The zero-order valence-electron chi connectivity index (χ0n) is 10.3. The minimum Gasteiger partial charge on any atom is -0.380 e. The molecule has 0 amide bonds. The van der Waals surface area contributed by atoms with Crippen molar-refractivity contribution in [3.8, 4) is 0 Å². The first-order valence-corrected chi connectivity index (χ1v) is 6.75. The minimum atomic E-state index is -0.386. The van der Waals surface area contributed by atoms with Crippen molar-refractivity contribution in [1.82, 2.24) is 0 Å². The summed E-state index contributed by atoms with van der Waals surface area (Å²) >= 11 is 1.45. The molecule has 2 rings (SSSR count). The lowest BCUT2D eigenvalue weighted by Gasteiger charge is -2.00. The lowest BCUT2D eigenvalue weighted by Crippen LogP contribution is -2.13. The van der Waals surface area contributed by atoms with E-state index in [1.807, 2.05) is 47.8 Å². The number of nitrogens with zero attached hydrogens (tertiary/aromatic N) is 1. The fraction of sp³-hybridized carbons (Fsp3) is 0.143. The molecule has 0 radical (unpaired) electrons. The average molecular weight is 274 g/mol. The Balaban J connectivity index is 1.80. The fourth-order valence-corrected chi connectivity index (χ4v) is 2.12. The summed E-state index contributed by atoms with van der Waals surface area (Å²) in [6.45, 7) is 0. The molecule has 1 aromatic heterocycles. The molecule has 5 heteroatoms. The Labute approximate surface area is 115 Å². The summed E-state index contributed by atoms with van der Waals surface area (Å²) in [5.41, 5.74) is 6.77. The first-order chi connectivity index (χ1) is 9.25. The number of rotatable bonds is 5. The second-order valence-electron chi connectivity index (χ2n) is 3.90. The van der Waals surface area contributed by atoms with E-state index in [1.165, 1.54) is 11.3 Å². The summed E-state index contributed by atoms with van der Waals surface area (Å²) in [6, 6.07) is 13.4. The van der Waals surface area contributed by atoms with Crippen LogP contribution in [0.4, 0.5) is 0 Å². The van der Waals surface area contributed by atoms with Crippen LogP contribution in [0.2, 0.25) is 0 Å². The summed E-state index contributed by atoms with van der Waals surface area (Å²) in [5, 5.41) is 5.52. The van der Waals surface area contributed by atoms with E-state index in [9.17, 15) is 4.79 Å². The molecule has 1 aromatic carbocycles. The molecule has 0 atom stereocenters. The SMILES string of the molecule is N/C(=N\OC(=O)CCc1ccccc1)c1cccs1. The normalized spacial score (nSPS) is 11.3. The van der Waals surface area contributed by atoms with Crippen molar-refractivity contribution in [2.24, 2.45) is 10.9 Å². The number of benzene rings is 1. The maximum absolute atomic E-state index is 11.5. The summed E-state index contributed by atoms with van der Waals surface area (Å²) < 4.78 is 0. The number of nitrogens with two attached hydrogens (primary N) is 1. The van der Waals surface area contributed by atoms with E-state index in [0.717, 1.165) is 10.4 Å². The van der Waals surface area contributed by atoms with Crippen molar-refractivity contribution in [3.05, 3.63) is 58.3 Å². The van der Waals surface area contributed by atoms with Gasteiger partial charge in [0, 0.05) is 0 Å². The van der Waals surface area contributed by atoms with Gasteiger partial charge in [0.05, 0.1) is 11.3 Å². The summed E-state index contributed by atoms with van der Waals surface area (Å²) in [6.07, 6.45) is 0.916. The molecule has 0 aliphatic heterocycles. The number of hydrogen-bond acceptors (Lipinski definition) is 4. The Bertz CT molecular complexity index is 550. The number of hydrogen-bond donors (Lipinski definition) is 1. The Morgan fingerprint density at radius 2 is 2.00 bits per heavy atom. The van der Waals surface area contributed by atoms with Gasteiger partial charge < -0.3 is 10.6 Å². The third-order valence-corrected chi connectivity index (χ3v) is 3.37. The van der Waals surface area contributed by atoms with Crippen molar-refractivity contribution in [1.29, 1.82) is 0 Å². The molecule has 4 nitrogen and oxygen atoms in total. The highest BCUT2D eigenvalue weighted by Gasteiger charge is 2.05. The smallest absolute Gasteiger partial charge is 0.335 e. The molecule has 0 saturated heterocycles. The van der Waals surface area contributed by atoms with Crippen molar-refractivity contribution in [2.45, 2.75) is 12.8 Å². The molecule has 19 heavy (non-hydrogen) atoms. The quantitative estimate of drug-likeness (QED) is 0.394. The van der Waals surface area contributed by atoms with Crippen LogP contribution in [-0.2, 0) is 16.1 Å². The van der Waals surface area contributed by atoms with Gasteiger partial charge in [-0.15, -0.1) is 11.3 Å². The minimum absolute atomic E-state index is 0.225. The lowest BCUT2D eigenvalue weighted by molar-refractivity contribution is -0.143. The van der Waals surface area contributed by atoms with Crippen LogP contribution in [-0.4, -0.2) is 11.8 Å². The first-order valence-electron chi connectivity index (χ1n) is 5.87. The second-order valence-corrected chi connectivity index (χ2v) is 4.85. The highest BCUT2D eigenvalue weighted by atomic mass is 32.1. The topological polar surface area (TPSA) is 64.7 Å². The number of oxime groups is 1. The van der Waals surface area contributed by atoms with E-state index in [2.05, 4.69) is 5.16 Å². The lowest BCUT2D eigenvalue weighted by atomic mass is 10.1. The van der Waals surface area contributed by atoms with E-state index in [1.54, 1.807) is 0 Å². The van der Waals surface area contributed by atoms with Gasteiger partial charge in [0.1, 0.15) is 0 Å². The molecular weight excluding hydrogens is 260 g/mol. The van der Waals surface area contributed by atoms with E-state index < -0.39 is 0 Å². The van der Waals surface area contributed by atoms with Crippen LogP contribution in [0.5, 0.6) is 0 Å². The molecule has 0 saturated carbocycles. The van der Waals surface area contributed by atoms with Gasteiger partial charge in [-0.1, -0.05) is 41.6 Å². The highest BCUT2D eigenvalue weighted by Crippen LogP contribution is 2.08. The van der Waals surface area contributed by atoms with Crippen LogP contribution in [0, 0.1) is 0 Å². The molecule has 0 fully saturated rings. The monoisotopic (exact) mass is 274 g/mol. The molecule has 98 valence electrons. The summed E-state index contributed by atoms with van der Waals surface area (Å²) in [5.74, 6) is -0.161. The zero-order chi connectivity index (χ0) is 13.5. The van der Waals surface area contributed by atoms with Gasteiger partial charge in [0.2, 0.25) is 0 Å². The molecule has 2 N–H and O–H groups in total. The molecule has 0 unspecified atom stereocenters. The Kier molecular flexibility index (Phi) is 4.69. The average Bonchev–Trinajstić information content (AvgIpc) is 2.98. The molecule has 0 bridgehead atoms. The molecule has 0 aliphatic carbocycles. The maximum Gasteiger partial charge on any atom is 0.335 e. The van der Waals surface area contributed by atoms with Crippen LogP contribution in [0.15, 0.2) is 53.0 Å². The molecule has 0 spiro atoms. The number of carbonyl (C=O) groups excluding carboxylic acids is 1. The standard InChI is InChI=1S/C14H14N2O2S/c15-14(12-7-4-10-19-12)16-18-13(17)9-8-11-5-2-1-3-6-11/h1-7,10H,8-9H2,(H2,15,16). The number of thiophene rings is 1. The van der Waals surface area contributed by atoms with Crippen molar-refractivity contribution in [2.75, 3.05) is 0 Å². The third-order valence-electron chi connectivity index (χ3n) is 2.48. The molecule has 1 heterocycles. The number of carbonyl (C=O) groups is 1. The molecular formula is C14H14N2O2S. The maximum atomic E-state index is 11.5. The van der Waals surface area contributed by atoms with Crippen molar-refractivity contribution >= 4 is 23.1 Å². The highest BCUT2D eigenvalue weighted by molar-refractivity contribution is 7.12. The number of amidine groups is 1. The molecule has 2 aromatic rings. The van der Waals surface area contributed by atoms with Crippen molar-refractivity contribution in [3.63, 3.8) is 0 Å². The Hall–Kier alpha value is -2.14. The summed E-state index contributed by atoms with van der Waals surface area (Å²) in [4.78, 5) is 17.1. The van der Waals surface area contributed by atoms with E-state index in [-0.39, 0.29) is 18.2 Å². The predicted octanol–water partition coefficient (Wildman–Crippen LogP) is 2.54.